The van der Waals surface area contributed by atoms with Crippen molar-refractivity contribution in [1.29, 1.82) is 0 Å². The number of rotatable bonds is 7. The standard InChI is InChI=1S/C22H25F3N4O4/c1-26-20(30)13-33-17-5-3-14(11-18(17)32-2)21(31)28-16-7-9-29(10-8-16)19-6-4-15(12-27-19)22(23,24)25/h3-6,11-12,16H,7-10,13H2,1-2H3,(H,26,30)(H,28,31). The normalized spacial score (nSPS) is 14.5. The minimum atomic E-state index is -4.42. The summed E-state index contributed by atoms with van der Waals surface area (Å²) in [5.74, 6) is 0.573. The zero-order chi connectivity index (χ0) is 24.0. The SMILES string of the molecule is CNC(=O)COc1ccc(C(=O)NC2CCN(c3ccc(C(F)(F)F)cn3)CC2)cc1OC. The fourth-order valence-corrected chi connectivity index (χ4v) is 3.41. The van der Waals surface area contributed by atoms with E-state index >= 15 is 0 Å². The number of methoxy groups -OCH3 is 1. The molecule has 33 heavy (non-hydrogen) atoms. The van der Waals surface area contributed by atoms with Gasteiger partial charge in [0.05, 0.1) is 12.7 Å². The quantitative estimate of drug-likeness (QED) is 0.652. The molecule has 178 valence electrons. The van der Waals surface area contributed by atoms with Gasteiger partial charge in [0.25, 0.3) is 11.8 Å². The summed E-state index contributed by atoms with van der Waals surface area (Å²) in [6.07, 6.45) is -2.34. The molecule has 0 spiro atoms. The van der Waals surface area contributed by atoms with Gasteiger partial charge < -0.3 is 25.0 Å². The Morgan fingerprint density at radius 3 is 2.45 bits per heavy atom. The Bertz CT molecular complexity index is 975. The largest absolute Gasteiger partial charge is 0.493 e. The first kappa shape index (κ1) is 24.1. The molecule has 1 aromatic carbocycles. The molecule has 1 fully saturated rings. The second-order valence-corrected chi connectivity index (χ2v) is 7.47. The van der Waals surface area contributed by atoms with Crippen LogP contribution in [0.4, 0.5) is 19.0 Å². The van der Waals surface area contributed by atoms with E-state index in [0.29, 0.717) is 48.8 Å². The van der Waals surface area contributed by atoms with Gasteiger partial charge in [-0.2, -0.15) is 13.2 Å². The fourth-order valence-electron chi connectivity index (χ4n) is 3.41. The first-order valence-electron chi connectivity index (χ1n) is 10.3. The summed E-state index contributed by atoms with van der Waals surface area (Å²) in [6, 6.07) is 6.98. The van der Waals surface area contributed by atoms with E-state index < -0.39 is 11.7 Å². The molecule has 0 radical (unpaired) electrons. The second-order valence-electron chi connectivity index (χ2n) is 7.47. The monoisotopic (exact) mass is 466 g/mol. The maximum atomic E-state index is 12.7. The number of hydrogen-bond donors (Lipinski definition) is 2. The molecule has 2 aromatic rings. The second kappa shape index (κ2) is 10.4. The number of carbonyl (C=O) groups excluding carboxylic acids is 2. The predicted octanol–water partition coefficient (Wildman–Crippen LogP) is 2.63. The van der Waals surface area contributed by atoms with Crippen LogP contribution in [0.15, 0.2) is 36.5 Å². The molecule has 1 saturated heterocycles. The number of piperidine rings is 1. The van der Waals surface area contributed by atoms with E-state index in [1.54, 1.807) is 12.1 Å². The summed E-state index contributed by atoms with van der Waals surface area (Å²) in [7, 11) is 2.94. The van der Waals surface area contributed by atoms with E-state index in [1.165, 1.54) is 26.3 Å². The smallest absolute Gasteiger partial charge is 0.417 e. The molecule has 0 bridgehead atoms. The number of benzene rings is 1. The van der Waals surface area contributed by atoms with E-state index in [1.807, 2.05) is 4.90 Å². The van der Waals surface area contributed by atoms with Crippen molar-refractivity contribution in [3.05, 3.63) is 47.7 Å². The van der Waals surface area contributed by atoms with E-state index in [-0.39, 0.29) is 24.5 Å². The molecule has 2 N–H and O–H groups in total. The van der Waals surface area contributed by atoms with Gasteiger partial charge in [-0.15, -0.1) is 0 Å². The molecule has 3 rings (SSSR count). The Morgan fingerprint density at radius 2 is 1.88 bits per heavy atom. The Labute approximate surface area is 189 Å². The molecule has 11 heteroatoms. The Kier molecular flexibility index (Phi) is 7.62. The third-order valence-electron chi connectivity index (χ3n) is 5.29. The third-order valence-corrected chi connectivity index (χ3v) is 5.29. The summed E-state index contributed by atoms with van der Waals surface area (Å²) < 4.78 is 48.8. The minimum Gasteiger partial charge on any atom is -0.493 e. The van der Waals surface area contributed by atoms with Gasteiger partial charge in [0.1, 0.15) is 5.82 Å². The first-order chi connectivity index (χ1) is 15.7. The van der Waals surface area contributed by atoms with Crippen molar-refractivity contribution in [1.82, 2.24) is 15.6 Å². The van der Waals surface area contributed by atoms with Crippen LogP contribution in [-0.4, -0.2) is 56.7 Å². The van der Waals surface area contributed by atoms with Crippen LogP contribution in [0.3, 0.4) is 0 Å². The molecule has 8 nitrogen and oxygen atoms in total. The van der Waals surface area contributed by atoms with Crippen LogP contribution < -0.4 is 25.0 Å². The number of likely N-dealkylation sites (N-methyl/N-ethyl adjacent to an activating group) is 1. The van der Waals surface area contributed by atoms with Crippen molar-refractivity contribution >= 4 is 17.6 Å². The predicted molar refractivity (Wildman–Crippen MR) is 114 cm³/mol. The molecule has 1 aliphatic heterocycles. The molecule has 0 atom stereocenters. The number of pyridine rings is 1. The number of hydrogen-bond acceptors (Lipinski definition) is 6. The average molecular weight is 466 g/mol. The molecule has 0 unspecified atom stereocenters. The van der Waals surface area contributed by atoms with Gasteiger partial charge in [0.2, 0.25) is 0 Å². The van der Waals surface area contributed by atoms with Gasteiger partial charge in [0.15, 0.2) is 18.1 Å². The van der Waals surface area contributed by atoms with Crippen LogP contribution >= 0.6 is 0 Å². The zero-order valence-corrected chi connectivity index (χ0v) is 18.2. The topological polar surface area (TPSA) is 92.8 Å². The van der Waals surface area contributed by atoms with E-state index in [4.69, 9.17) is 9.47 Å². The van der Waals surface area contributed by atoms with Gasteiger partial charge >= 0.3 is 6.18 Å². The lowest BCUT2D eigenvalue weighted by atomic mass is 10.0. The number of ether oxygens (including phenoxy) is 2. The summed E-state index contributed by atoms with van der Waals surface area (Å²) in [4.78, 5) is 29.9. The van der Waals surface area contributed by atoms with Gasteiger partial charge in [-0.1, -0.05) is 0 Å². The molecule has 0 saturated carbocycles. The summed E-state index contributed by atoms with van der Waals surface area (Å²) in [6.45, 7) is 0.933. The summed E-state index contributed by atoms with van der Waals surface area (Å²) in [5, 5.41) is 5.42. The molecule has 2 amide bonds. The van der Waals surface area contributed by atoms with Crippen molar-refractivity contribution in [3.63, 3.8) is 0 Å². The molecular formula is C22H25F3N4O4. The van der Waals surface area contributed by atoms with Gasteiger partial charge in [-0.3, -0.25) is 9.59 Å². The van der Waals surface area contributed by atoms with E-state index in [0.717, 1.165) is 12.3 Å². The number of alkyl halides is 3. The maximum Gasteiger partial charge on any atom is 0.417 e. The molecular weight excluding hydrogens is 441 g/mol. The highest BCUT2D eigenvalue weighted by Crippen LogP contribution is 2.30. The Hall–Kier alpha value is -3.50. The first-order valence-corrected chi connectivity index (χ1v) is 10.3. The third kappa shape index (κ3) is 6.27. The van der Waals surface area contributed by atoms with Gasteiger partial charge in [-0.25, -0.2) is 4.98 Å². The Balaban J connectivity index is 1.55. The number of amides is 2. The van der Waals surface area contributed by atoms with Crippen LogP contribution in [0.2, 0.25) is 0 Å². The van der Waals surface area contributed by atoms with Crippen LogP contribution in [0, 0.1) is 0 Å². The van der Waals surface area contributed by atoms with Crippen molar-refractivity contribution in [2.24, 2.45) is 0 Å². The lowest BCUT2D eigenvalue weighted by molar-refractivity contribution is -0.137. The maximum absolute atomic E-state index is 12.7. The number of anilines is 1. The highest BCUT2D eigenvalue weighted by molar-refractivity contribution is 5.95. The number of halogens is 3. The van der Waals surface area contributed by atoms with Crippen molar-refractivity contribution in [3.8, 4) is 11.5 Å². The number of nitrogens with zero attached hydrogens (tertiary/aromatic N) is 2. The van der Waals surface area contributed by atoms with Crippen LogP contribution in [0.25, 0.3) is 0 Å². The molecule has 0 aliphatic carbocycles. The number of aromatic nitrogens is 1. The lowest BCUT2D eigenvalue weighted by Gasteiger charge is -2.33. The van der Waals surface area contributed by atoms with Gasteiger partial charge in [-0.05, 0) is 43.2 Å². The summed E-state index contributed by atoms with van der Waals surface area (Å²) in [5.41, 5.74) is -0.403. The highest BCUT2D eigenvalue weighted by Gasteiger charge is 2.31. The Morgan fingerprint density at radius 1 is 1.15 bits per heavy atom. The lowest BCUT2D eigenvalue weighted by Crippen LogP contribution is -2.45. The summed E-state index contributed by atoms with van der Waals surface area (Å²) >= 11 is 0. The van der Waals surface area contributed by atoms with E-state index in [2.05, 4.69) is 15.6 Å². The molecule has 1 aromatic heterocycles. The minimum absolute atomic E-state index is 0.0848. The average Bonchev–Trinajstić information content (AvgIpc) is 2.82. The van der Waals surface area contributed by atoms with Crippen molar-refractivity contribution in [2.45, 2.75) is 25.1 Å². The van der Waals surface area contributed by atoms with Crippen LogP contribution in [0.1, 0.15) is 28.8 Å². The fraction of sp³-hybridized carbons (Fsp3) is 0.409. The van der Waals surface area contributed by atoms with Crippen LogP contribution in [-0.2, 0) is 11.0 Å². The van der Waals surface area contributed by atoms with Crippen molar-refractivity contribution < 1.29 is 32.2 Å². The van der Waals surface area contributed by atoms with Crippen LogP contribution in [0.5, 0.6) is 11.5 Å². The number of nitrogens with one attached hydrogen (secondary N) is 2. The molecule has 1 aliphatic rings. The molecule has 2 heterocycles. The number of carbonyl (C=O) groups is 2. The van der Waals surface area contributed by atoms with E-state index in [9.17, 15) is 22.8 Å². The zero-order valence-electron chi connectivity index (χ0n) is 18.2. The highest BCUT2D eigenvalue weighted by atomic mass is 19.4. The van der Waals surface area contributed by atoms with Crippen molar-refractivity contribution in [2.75, 3.05) is 38.8 Å². The van der Waals surface area contributed by atoms with Gasteiger partial charge in [0, 0.05) is 37.9 Å².